The average molecular weight is 375 g/mol. The summed E-state index contributed by atoms with van der Waals surface area (Å²) in [5, 5.41) is 0. The number of methoxy groups -OCH3 is 2. The summed E-state index contributed by atoms with van der Waals surface area (Å²) in [5.74, 6) is -1.80. The predicted molar refractivity (Wildman–Crippen MR) is 91.7 cm³/mol. The second kappa shape index (κ2) is 13.6. The number of carbonyl (C=O) groups is 2. The molecule has 0 heterocycles. The van der Waals surface area contributed by atoms with Crippen LogP contribution in [0, 0.1) is 5.92 Å². The van der Waals surface area contributed by atoms with Crippen molar-refractivity contribution in [1.82, 2.24) is 0 Å². The molecule has 0 atom stereocenters. The largest absolute Gasteiger partial charge is 0.468 e. The molecule has 0 amide bonds. The molecule has 0 aromatic carbocycles. The molecular formula is C17H27BrO4. The molecule has 0 radical (unpaired) electrons. The Kier molecular flexibility index (Phi) is 12.9. The molecule has 0 rings (SSSR count). The van der Waals surface area contributed by atoms with Crippen LogP contribution < -0.4 is 0 Å². The highest BCUT2D eigenvalue weighted by Crippen LogP contribution is 2.16. The van der Waals surface area contributed by atoms with Gasteiger partial charge in [-0.15, -0.1) is 0 Å². The first-order valence-electron chi connectivity index (χ1n) is 7.70. The molecule has 4 nitrogen and oxygen atoms in total. The highest BCUT2D eigenvalue weighted by molar-refractivity contribution is 9.11. The van der Waals surface area contributed by atoms with Gasteiger partial charge in [-0.2, -0.15) is 0 Å². The molecule has 5 heteroatoms. The Morgan fingerprint density at radius 1 is 1.00 bits per heavy atom. The van der Waals surface area contributed by atoms with Crippen molar-refractivity contribution < 1.29 is 19.1 Å². The van der Waals surface area contributed by atoms with Crippen LogP contribution in [-0.2, 0) is 19.1 Å². The van der Waals surface area contributed by atoms with E-state index in [4.69, 9.17) is 0 Å². The van der Waals surface area contributed by atoms with Gasteiger partial charge in [0.15, 0.2) is 5.92 Å². The number of esters is 2. The molecule has 0 saturated carbocycles. The molecular weight excluding hydrogens is 348 g/mol. The summed E-state index contributed by atoms with van der Waals surface area (Å²) >= 11 is 3.40. The topological polar surface area (TPSA) is 52.6 Å². The summed E-state index contributed by atoms with van der Waals surface area (Å²) in [6.45, 7) is 3.68. The van der Waals surface area contributed by atoms with E-state index in [9.17, 15) is 9.59 Å². The van der Waals surface area contributed by atoms with E-state index >= 15 is 0 Å². The molecule has 0 aromatic rings. The van der Waals surface area contributed by atoms with Crippen molar-refractivity contribution in [2.75, 3.05) is 14.2 Å². The molecule has 0 aliphatic carbocycles. The molecule has 0 aliphatic heterocycles. The number of allylic oxidation sites excluding steroid dienone is 3. The Bertz CT molecular complexity index is 361. The minimum atomic E-state index is -0.781. The molecule has 22 heavy (non-hydrogen) atoms. The highest BCUT2D eigenvalue weighted by Gasteiger charge is 2.27. The summed E-state index contributed by atoms with van der Waals surface area (Å²) in [5.41, 5.74) is 0. The molecule has 0 unspecified atom stereocenters. The van der Waals surface area contributed by atoms with E-state index in [1.54, 1.807) is 6.08 Å². The van der Waals surface area contributed by atoms with Crippen molar-refractivity contribution in [3.05, 3.63) is 23.2 Å². The minimum Gasteiger partial charge on any atom is -0.468 e. The van der Waals surface area contributed by atoms with E-state index in [1.165, 1.54) is 27.1 Å². The van der Waals surface area contributed by atoms with Gasteiger partial charge in [-0.05, 0) is 19.3 Å². The highest BCUT2D eigenvalue weighted by atomic mass is 79.9. The first kappa shape index (κ1) is 20.9. The first-order chi connectivity index (χ1) is 10.6. The van der Waals surface area contributed by atoms with Gasteiger partial charge >= 0.3 is 11.9 Å². The van der Waals surface area contributed by atoms with Crippen LogP contribution in [0.1, 0.15) is 51.4 Å². The van der Waals surface area contributed by atoms with Crippen molar-refractivity contribution >= 4 is 27.9 Å². The molecule has 0 fully saturated rings. The molecule has 0 spiro atoms. The fourth-order valence-corrected chi connectivity index (χ4v) is 2.37. The van der Waals surface area contributed by atoms with Crippen molar-refractivity contribution in [2.24, 2.45) is 5.92 Å². The minimum absolute atomic E-state index is 0.494. The van der Waals surface area contributed by atoms with E-state index in [0.29, 0.717) is 6.42 Å². The maximum atomic E-state index is 11.5. The molecule has 0 N–H and O–H groups in total. The maximum absolute atomic E-state index is 11.5. The lowest BCUT2D eigenvalue weighted by molar-refractivity contribution is -0.159. The number of unbranched alkanes of at least 4 members (excludes halogenated alkanes) is 6. The molecule has 0 aromatic heterocycles. The van der Waals surface area contributed by atoms with Crippen LogP contribution >= 0.6 is 15.9 Å². The second-order valence-corrected chi connectivity index (χ2v) is 6.01. The third kappa shape index (κ3) is 9.77. The van der Waals surface area contributed by atoms with Crippen molar-refractivity contribution in [1.29, 1.82) is 0 Å². The van der Waals surface area contributed by atoms with Crippen molar-refractivity contribution in [3.63, 3.8) is 0 Å². The number of hydrogen-bond donors (Lipinski definition) is 0. The van der Waals surface area contributed by atoms with Gasteiger partial charge in [0.25, 0.3) is 0 Å². The van der Waals surface area contributed by atoms with E-state index < -0.39 is 17.9 Å². The number of rotatable bonds is 12. The Morgan fingerprint density at radius 3 is 2.00 bits per heavy atom. The second-order valence-electron chi connectivity index (χ2n) is 5.09. The standard InChI is InChI=1S/C17H27BrO4/c1-4-14(18)12-10-8-6-5-7-9-11-13-15(16(19)21-2)17(20)22-3/h4,12,15H,1,5-11,13H2,2-3H3/b14-12-. The van der Waals surface area contributed by atoms with Crippen LogP contribution in [0.5, 0.6) is 0 Å². The SMILES string of the molecule is C=C/C(Br)=C/CCCCCCCCC(C(=O)OC)C(=O)OC. The summed E-state index contributed by atoms with van der Waals surface area (Å²) in [6, 6.07) is 0. The molecule has 0 aliphatic rings. The van der Waals surface area contributed by atoms with Crippen LogP contribution in [0.15, 0.2) is 23.2 Å². The van der Waals surface area contributed by atoms with Gasteiger partial charge in [-0.1, -0.05) is 66.8 Å². The number of hydrogen-bond acceptors (Lipinski definition) is 4. The zero-order valence-corrected chi connectivity index (χ0v) is 15.2. The fraction of sp³-hybridized carbons (Fsp3) is 0.647. The summed E-state index contributed by atoms with van der Waals surface area (Å²) < 4.78 is 10.3. The summed E-state index contributed by atoms with van der Waals surface area (Å²) in [4.78, 5) is 23.0. The van der Waals surface area contributed by atoms with Gasteiger partial charge in [0.05, 0.1) is 14.2 Å². The monoisotopic (exact) mass is 374 g/mol. The lowest BCUT2D eigenvalue weighted by Crippen LogP contribution is -2.26. The van der Waals surface area contributed by atoms with Crippen LogP contribution in [0.3, 0.4) is 0 Å². The lowest BCUT2D eigenvalue weighted by Gasteiger charge is -2.11. The third-order valence-electron chi connectivity index (χ3n) is 3.45. The smallest absolute Gasteiger partial charge is 0.320 e. The van der Waals surface area contributed by atoms with Gasteiger partial charge in [-0.25, -0.2) is 0 Å². The summed E-state index contributed by atoms with van der Waals surface area (Å²) in [6.07, 6.45) is 11.9. The van der Waals surface area contributed by atoms with Crippen LogP contribution in [0.4, 0.5) is 0 Å². The first-order valence-corrected chi connectivity index (χ1v) is 8.49. The Morgan fingerprint density at radius 2 is 1.50 bits per heavy atom. The van der Waals surface area contributed by atoms with Crippen LogP contribution in [-0.4, -0.2) is 26.2 Å². The normalized spacial score (nSPS) is 11.4. The van der Waals surface area contributed by atoms with Gasteiger partial charge in [0, 0.05) is 4.48 Å². The van der Waals surface area contributed by atoms with Crippen molar-refractivity contribution in [2.45, 2.75) is 51.4 Å². The van der Waals surface area contributed by atoms with Gasteiger partial charge in [-0.3, -0.25) is 9.59 Å². The van der Waals surface area contributed by atoms with E-state index in [1.807, 2.05) is 0 Å². The molecule has 126 valence electrons. The Labute approximate surface area is 142 Å². The van der Waals surface area contributed by atoms with Crippen LogP contribution in [0.25, 0.3) is 0 Å². The predicted octanol–water partition coefficient (Wildman–Crippen LogP) is 4.53. The van der Waals surface area contributed by atoms with Crippen LogP contribution in [0.2, 0.25) is 0 Å². The van der Waals surface area contributed by atoms with Gasteiger partial charge in [0.1, 0.15) is 0 Å². The lowest BCUT2D eigenvalue weighted by atomic mass is 10.00. The van der Waals surface area contributed by atoms with E-state index in [2.05, 4.69) is 38.1 Å². The van der Waals surface area contributed by atoms with Crippen molar-refractivity contribution in [3.8, 4) is 0 Å². The zero-order valence-electron chi connectivity index (χ0n) is 13.6. The Hall–Kier alpha value is -1.10. The van der Waals surface area contributed by atoms with Gasteiger partial charge < -0.3 is 9.47 Å². The zero-order chi connectivity index (χ0) is 16.8. The summed E-state index contributed by atoms with van der Waals surface area (Å²) in [7, 11) is 2.58. The van der Waals surface area contributed by atoms with Gasteiger partial charge in [0.2, 0.25) is 0 Å². The molecule has 0 saturated heterocycles. The maximum Gasteiger partial charge on any atom is 0.320 e. The molecule has 0 bridgehead atoms. The van der Waals surface area contributed by atoms with E-state index in [0.717, 1.165) is 36.6 Å². The third-order valence-corrected chi connectivity index (χ3v) is 4.10. The number of carbonyl (C=O) groups excluding carboxylic acids is 2. The number of halogens is 1. The quantitative estimate of drug-likeness (QED) is 0.218. The fourth-order valence-electron chi connectivity index (χ4n) is 2.14. The average Bonchev–Trinajstić information content (AvgIpc) is 2.54. The number of ether oxygens (including phenoxy) is 2. The van der Waals surface area contributed by atoms with E-state index in [-0.39, 0.29) is 0 Å². The Balaban J connectivity index is 3.72.